The Morgan fingerprint density at radius 2 is 1.67 bits per heavy atom. The molecule has 0 aromatic carbocycles. The number of rotatable bonds is 5. The molecule has 1 rings (SSSR count). The second-order valence-electron chi connectivity index (χ2n) is 6.85. The van der Waals surface area contributed by atoms with Crippen LogP contribution in [0, 0.1) is 0 Å². The highest BCUT2D eigenvalue weighted by molar-refractivity contribution is 6.03. The van der Waals surface area contributed by atoms with Gasteiger partial charge in [-0.25, -0.2) is 14.4 Å². The molecule has 1 atom stereocenters. The number of esters is 2. The van der Waals surface area contributed by atoms with Gasteiger partial charge in [0.25, 0.3) is 5.60 Å². The first-order chi connectivity index (χ1) is 11.0. The molecular weight excluding hydrogens is 318 g/mol. The van der Waals surface area contributed by atoms with E-state index >= 15 is 0 Å². The van der Waals surface area contributed by atoms with Crippen molar-refractivity contribution < 1.29 is 33.7 Å². The van der Waals surface area contributed by atoms with E-state index in [1.165, 1.54) is 0 Å². The Hall–Kier alpha value is -1.83. The number of nitrogens with zero attached hydrogens (tertiary/aromatic N) is 1. The number of likely N-dealkylation sites (tertiary alicyclic amines) is 1. The lowest BCUT2D eigenvalue weighted by atomic mass is 9.94. The lowest BCUT2D eigenvalue weighted by Crippen LogP contribution is -2.49. The van der Waals surface area contributed by atoms with Crippen molar-refractivity contribution in [3.05, 3.63) is 0 Å². The number of hydrogen-bond donors (Lipinski definition) is 1. The van der Waals surface area contributed by atoms with Crippen molar-refractivity contribution in [1.82, 2.24) is 4.90 Å². The third-order valence-electron chi connectivity index (χ3n) is 3.89. The normalized spacial score (nSPS) is 18.2. The summed E-state index contributed by atoms with van der Waals surface area (Å²) < 4.78 is 14.4. The molecule has 0 unspecified atom stereocenters. The molecule has 1 heterocycles. The zero-order chi connectivity index (χ0) is 18.5. The van der Waals surface area contributed by atoms with Gasteiger partial charge in [-0.1, -0.05) is 0 Å². The molecule has 0 radical (unpaired) electrons. The Kier molecular flexibility index (Phi) is 6.59. The van der Waals surface area contributed by atoms with Gasteiger partial charge < -0.3 is 24.2 Å². The van der Waals surface area contributed by atoms with Gasteiger partial charge in [0.15, 0.2) is 0 Å². The average Bonchev–Trinajstić information content (AvgIpc) is 2.97. The topological polar surface area (TPSA) is 102 Å². The van der Waals surface area contributed by atoms with Crippen molar-refractivity contribution >= 4 is 18.0 Å². The fourth-order valence-corrected chi connectivity index (χ4v) is 2.70. The van der Waals surface area contributed by atoms with Crippen molar-refractivity contribution in [2.24, 2.45) is 0 Å². The molecule has 0 bridgehead atoms. The smallest absolute Gasteiger partial charge is 0.410 e. The van der Waals surface area contributed by atoms with E-state index in [0.717, 1.165) is 20.6 Å². The van der Waals surface area contributed by atoms with E-state index in [9.17, 15) is 19.5 Å². The quantitative estimate of drug-likeness (QED) is 0.454. The van der Waals surface area contributed by atoms with Crippen LogP contribution in [-0.4, -0.2) is 66.0 Å². The highest BCUT2D eigenvalue weighted by atomic mass is 16.6. The van der Waals surface area contributed by atoms with Crippen LogP contribution in [-0.2, 0) is 23.8 Å². The second-order valence-corrected chi connectivity index (χ2v) is 6.85. The SMILES string of the molecule is COC(=O)C(O)(CC[C@H]1CCCN1C(=O)OC(C)(C)C)C(=O)OC. The van der Waals surface area contributed by atoms with E-state index in [-0.39, 0.29) is 18.9 Å². The molecular formula is C16H27NO7. The molecule has 0 aliphatic carbocycles. The highest BCUT2D eigenvalue weighted by Gasteiger charge is 2.47. The van der Waals surface area contributed by atoms with E-state index in [4.69, 9.17) is 4.74 Å². The standard InChI is InChI=1S/C16H27NO7/c1-15(2,3)24-14(20)17-10-6-7-11(17)8-9-16(21,12(18)22-4)13(19)23-5/h11,21H,6-10H2,1-5H3/t11-/m1/s1. The van der Waals surface area contributed by atoms with Crippen molar-refractivity contribution in [2.75, 3.05) is 20.8 Å². The Bertz CT molecular complexity index is 467. The van der Waals surface area contributed by atoms with E-state index in [0.29, 0.717) is 13.0 Å². The van der Waals surface area contributed by atoms with Crippen LogP contribution in [0.2, 0.25) is 0 Å². The minimum absolute atomic E-state index is 0.198. The fraction of sp³-hybridized carbons (Fsp3) is 0.812. The summed E-state index contributed by atoms with van der Waals surface area (Å²) in [6, 6.07) is -0.222. The van der Waals surface area contributed by atoms with Crippen molar-refractivity contribution in [1.29, 1.82) is 0 Å². The zero-order valence-electron chi connectivity index (χ0n) is 15.0. The number of methoxy groups -OCH3 is 2. The number of amides is 1. The first kappa shape index (κ1) is 20.2. The molecule has 1 N–H and O–H groups in total. The molecule has 1 aliphatic heterocycles. The van der Waals surface area contributed by atoms with Gasteiger partial charge in [-0.2, -0.15) is 0 Å². The Morgan fingerprint density at radius 3 is 2.12 bits per heavy atom. The van der Waals surface area contributed by atoms with Gasteiger partial charge in [0, 0.05) is 19.0 Å². The van der Waals surface area contributed by atoms with E-state index in [1.54, 1.807) is 25.7 Å². The molecule has 8 nitrogen and oxygen atoms in total. The van der Waals surface area contributed by atoms with E-state index in [1.807, 2.05) is 0 Å². The summed E-state index contributed by atoms with van der Waals surface area (Å²) in [4.78, 5) is 37.3. The van der Waals surface area contributed by atoms with Gasteiger partial charge >= 0.3 is 18.0 Å². The summed E-state index contributed by atoms with van der Waals surface area (Å²) in [5, 5.41) is 10.3. The molecule has 8 heteroatoms. The van der Waals surface area contributed by atoms with Gasteiger partial charge in [-0.3, -0.25) is 0 Å². The van der Waals surface area contributed by atoms with Crippen molar-refractivity contribution in [3.8, 4) is 0 Å². The maximum absolute atomic E-state index is 12.2. The van der Waals surface area contributed by atoms with Gasteiger partial charge in [-0.05, 0) is 40.0 Å². The van der Waals surface area contributed by atoms with Crippen LogP contribution in [0.4, 0.5) is 4.79 Å². The number of carbonyl (C=O) groups excluding carboxylic acids is 3. The van der Waals surface area contributed by atoms with E-state index in [2.05, 4.69) is 9.47 Å². The Balaban J connectivity index is 2.77. The number of hydrogen-bond acceptors (Lipinski definition) is 7. The molecule has 0 saturated carbocycles. The number of carbonyl (C=O) groups is 3. The predicted molar refractivity (Wildman–Crippen MR) is 84.2 cm³/mol. The van der Waals surface area contributed by atoms with Crippen LogP contribution in [0.5, 0.6) is 0 Å². The predicted octanol–water partition coefficient (Wildman–Crippen LogP) is 1.24. The summed E-state index contributed by atoms with van der Waals surface area (Å²) in [5.74, 6) is -2.15. The molecule has 1 aliphatic rings. The van der Waals surface area contributed by atoms with Gasteiger partial charge in [-0.15, -0.1) is 0 Å². The summed E-state index contributed by atoms with van der Waals surface area (Å²) in [6.45, 7) is 5.88. The lowest BCUT2D eigenvalue weighted by Gasteiger charge is -2.30. The van der Waals surface area contributed by atoms with Crippen LogP contribution in [0.25, 0.3) is 0 Å². The third-order valence-corrected chi connectivity index (χ3v) is 3.89. The molecule has 0 aromatic heterocycles. The van der Waals surface area contributed by atoms with Crippen LogP contribution < -0.4 is 0 Å². The Morgan fingerprint density at radius 1 is 1.12 bits per heavy atom. The molecule has 1 amide bonds. The number of aliphatic hydroxyl groups is 1. The monoisotopic (exact) mass is 345 g/mol. The lowest BCUT2D eigenvalue weighted by molar-refractivity contribution is -0.181. The largest absolute Gasteiger partial charge is 0.466 e. The van der Waals surface area contributed by atoms with Gasteiger partial charge in [0.2, 0.25) is 0 Å². The summed E-state index contributed by atoms with van der Waals surface area (Å²) >= 11 is 0. The van der Waals surface area contributed by atoms with Crippen LogP contribution >= 0.6 is 0 Å². The number of ether oxygens (including phenoxy) is 3. The molecule has 24 heavy (non-hydrogen) atoms. The van der Waals surface area contributed by atoms with Crippen LogP contribution in [0.15, 0.2) is 0 Å². The summed E-state index contributed by atoms with van der Waals surface area (Å²) in [6.07, 6.45) is 1.11. The minimum Gasteiger partial charge on any atom is -0.466 e. The first-order valence-corrected chi connectivity index (χ1v) is 7.94. The third kappa shape index (κ3) is 4.83. The maximum Gasteiger partial charge on any atom is 0.410 e. The summed E-state index contributed by atoms with van der Waals surface area (Å²) in [5.41, 5.74) is -2.98. The summed E-state index contributed by atoms with van der Waals surface area (Å²) in [7, 11) is 2.16. The van der Waals surface area contributed by atoms with Gasteiger partial charge in [0.1, 0.15) is 5.60 Å². The van der Waals surface area contributed by atoms with E-state index < -0.39 is 29.2 Å². The maximum atomic E-state index is 12.2. The van der Waals surface area contributed by atoms with Crippen molar-refractivity contribution in [2.45, 2.75) is 63.7 Å². The minimum atomic E-state index is -2.37. The molecule has 1 fully saturated rings. The fourth-order valence-electron chi connectivity index (χ4n) is 2.70. The Labute approximate surface area is 142 Å². The first-order valence-electron chi connectivity index (χ1n) is 7.94. The van der Waals surface area contributed by atoms with Crippen LogP contribution in [0.1, 0.15) is 46.5 Å². The molecule has 138 valence electrons. The molecule has 0 spiro atoms. The van der Waals surface area contributed by atoms with Crippen molar-refractivity contribution in [3.63, 3.8) is 0 Å². The zero-order valence-corrected chi connectivity index (χ0v) is 15.0. The second kappa shape index (κ2) is 7.83. The molecule has 1 saturated heterocycles. The van der Waals surface area contributed by atoms with Crippen LogP contribution in [0.3, 0.4) is 0 Å². The molecule has 0 aromatic rings. The highest BCUT2D eigenvalue weighted by Crippen LogP contribution is 2.27. The average molecular weight is 345 g/mol. The van der Waals surface area contributed by atoms with Gasteiger partial charge in [0.05, 0.1) is 14.2 Å².